The Morgan fingerprint density at radius 2 is 1.45 bits per heavy atom. The maximum absolute atomic E-state index is 13.7. The molecule has 0 heterocycles. The molecule has 0 amide bonds. The molecule has 0 unspecified atom stereocenters. The fourth-order valence-corrected chi connectivity index (χ4v) is 1.99. The highest BCUT2D eigenvalue weighted by Gasteiger charge is 2.33. The van der Waals surface area contributed by atoms with Gasteiger partial charge in [0.25, 0.3) is 0 Å². The molecule has 0 saturated heterocycles. The number of benzene rings is 2. The number of aryl methyl sites for hydroxylation is 1. The SMILES string of the molecule is Cc1cc(F)c(Br)cc1Oc1c(F)cc(C(F)(F)F)cc1F. The van der Waals surface area contributed by atoms with Crippen molar-refractivity contribution in [2.45, 2.75) is 13.1 Å². The molecular weight excluding hydrogens is 378 g/mol. The van der Waals surface area contributed by atoms with Crippen LogP contribution in [0.3, 0.4) is 0 Å². The number of hydrogen-bond acceptors (Lipinski definition) is 1. The van der Waals surface area contributed by atoms with Gasteiger partial charge in [-0.25, -0.2) is 13.2 Å². The molecule has 0 aliphatic rings. The minimum Gasteiger partial charge on any atom is -0.451 e. The number of ether oxygens (including phenoxy) is 1. The maximum atomic E-state index is 13.7. The van der Waals surface area contributed by atoms with Crippen molar-refractivity contribution in [3.63, 3.8) is 0 Å². The summed E-state index contributed by atoms with van der Waals surface area (Å²) in [5.74, 6) is -4.71. The van der Waals surface area contributed by atoms with E-state index in [2.05, 4.69) is 15.9 Å². The highest BCUT2D eigenvalue weighted by molar-refractivity contribution is 9.10. The van der Waals surface area contributed by atoms with Crippen LogP contribution in [0.2, 0.25) is 0 Å². The van der Waals surface area contributed by atoms with E-state index in [4.69, 9.17) is 4.74 Å². The van der Waals surface area contributed by atoms with Crippen LogP contribution in [0, 0.1) is 24.4 Å². The second kappa shape index (κ2) is 5.83. The molecule has 0 aliphatic carbocycles. The van der Waals surface area contributed by atoms with Crippen LogP contribution in [0.15, 0.2) is 28.7 Å². The van der Waals surface area contributed by atoms with Crippen molar-refractivity contribution in [3.05, 3.63) is 57.3 Å². The third-order valence-electron chi connectivity index (χ3n) is 2.76. The van der Waals surface area contributed by atoms with E-state index in [0.717, 1.165) is 12.1 Å². The fraction of sp³-hybridized carbons (Fsp3) is 0.143. The zero-order valence-electron chi connectivity index (χ0n) is 10.9. The molecule has 0 aromatic heterocycles. The Morgan fingerprint density at radius 3 is 1.95 bits per heavy atom. The van der Waals surface area contributed by atoms with Crippen molar-refractivity contribution in [2.75, 3.05) is 0 Å². The smallest absolute Gasteiger partial charge is 0.416 e. The molecule has 8 heteroatoms. The van der Waals surface area contributed by atoms with E-state index >= 15 is 0 Å². The van der Waals surface area contributed by atoms with Crippen LogP contribution in [0.5, 0.6) is 11.5 Å². The van der Waals surface area contributed by atoms with Crippen LogP contribution >= 0.6 is 15.9 Å². The summed E-state index contributed by atoms with van der Waals surface area (Å²) in [5, 5.41) is 0. The maximum Gasteiger partial charge on any atom is 0.416 e. The number of alkyl halides is 3. The first-order valence-electron chi connectivity index (χ1n) is 5.79. The number of hydrogen-bond donors (Lipinski definition) is 0. The summed E-state index contributed by atoms with van der Waals surface area (Å²) in [7, 11) is 0. The highest BCUT2D eigenvalue weighted by atomic mass is 79.9. The topological polar surface area (TPSA) is 9.23 Å². The van der Waals surface area contributed by atoms with E-state index < -0.39 is 34.9 Å². The molecule has 0 N–H and O–H groups in total. The summed E-state index contributed by atoms with van der Waals surface area (Å²) in [4.78, 5) is 0. The van der Waals surface area contributed by atoms with Crippen LogP contribution in [0.25, 0.3) is 0 Å². The average Bonchev–Trinajstić information content (AvgIpc) is 2.38. The van der Waals surface area contributed by atoms with E-state index in [0.29, 0.717) is 0 Å². The standard InChI is InChI=1S/C14H7BrF6O/c1-6-2-9(16)8(15)5-12(6)22-13-10(17)3-7(4-11(13)18)14(19,20)21/h2-5H,1H3. The molecule has 22 heavy (non-hydrogen) atoms. The molecule has 0 atom stereocenters. The first-order valence-corrected chi connectivity index (χ1v) is 6.58. The van der Waals surface area contributed by atoms with Gasteiger partial charge in [0.1, 0.15) is 11.6 Å². The Hall–Kier alpha value is -1.70. The third-order valence-corrected chi connectivity index (χ3v) is 3.36. The summed E-state index contributed by atoms with van der Waals surface area (Å²) < 4.78 is 82.9. The molecular formula is C14H7BrF6O. The molecule has 1 nitrogen and oxygen atoms in total. The lowest BCUT2D eigenvalue weighted by Crippen LogP contribution is -2.07. The van der Waals surface area contributed by atoms with Crippen molar-refractivity contribution >= 4 is 15.9 Å². The second-order valence-corrected chi connectivity index (χ2v) is 5.25. The minimum absolute atomic E-state index is 0.0131. The van der Waals surface area contributed by atoms with Gasteiger partial charge in [-0.3, -0.25) is 0 Å². The first-order chi connectivity index (χ1) is 10.1. The van der Waals surface area contributed by atoms with Gasteiger partial charge >= 0.3 is 6.18 Å². The zero-order chi connectivity index (χ0) is 16.7. The average molecular weight is 385 g/mol. The minimum atomic E-state index is -4.88. The van der Waals surface area contributed by atoms with Gasteiger partial charge in [0.05, 0.1) is 10.0 Å². The van der Waals surface area contributed by atoms with E-state index in [-0.39, 0.29) is 27.9 Å². The van der Waals surface area contributed by atoms with Crippen LogP contribution in [-0.2, 0) is 6.18 Å². The summed E-state index contributed by atoms with van der Waals surface area (Å²) >= 11 is 2.88. The van der Waals surface area contributed by atoms with Gasteiger partial charge in [-0.05, 0) is 52.7 Å². The van der Waals surface area contributed by atoms with Gasteiger partial charge in [0.15, 0.2) is 17.4 Å². The van der Waals surface area contributed by atoms with Crippen LogP contribution in [0.4, 0.5) is 26.3 Å². The van der Waals surface area contributed by atoms with Gasteiger partial charge in [0.2, 0.25) is 0 Å². The zero-order valence-corrected chi connectivity index (χ0v) is 12.4. The van der Waals surface area contributed by atoms with Gasteiger partial charge in [-0.2, -0.15) is 13.2 Å². The van der Waals surface area contributed by atoms with E-state index in [1.807, 2.05) is 0 Å². The van der Waals surface area contributed by atoms with Gasteiger partial charge < -0.3 is 4.74 Å². The number of rotatable bonds is 2. The Bertz CT molecular complexity index is 703. The molecule has 0 fully saturated rings. The Morgan fingerprint density at radius 1 is 0.909 bits per heavy atom. The largest absolute Gasteiger partial charge is 0.451 e. The van der Waals surface area contributed by atoms with Gasteiger partial charge in [-0.1, -0.05) is 0 Å². The molecule has 118 valence electrons. The Labute approximate surface area is 129 Å². The van der Waals surface area contributed by atoms with Crippen LogP contribution in [0.1, 0.15) is 11.1 Å². The normalized spacial score (nSPS) is 11.6. The molecule has 0 spiro atoms. The number of halogens is 7. The van der Waals surface area contributed by atoms with Crippen molar-refractivity contribution < 1.29 is 31.1 Å². The van der Waals surface area contributed by atoms with Crippen molar-refractivity contribution in [3.8, 4) is 11.5 Å². The highest BCUT2D eigenvalue weighted by Crippen LogP contribution is 2.37. The van der Waals surface area contributed by atoms with Crippen LogP contribution < -0.4 is 4.74 Å². The van der Waals surface area contributed by atoms with Crippen molar-refractivity contribution in [1.29, 1.82) is 0 Å². The van der Waals surface area contributed by atoms with Crippen molar-refractivity contribution in [2.24, 2.45) is 0 Å². The predicted octanol–water partition coefficient (Wildman–Crippen LogP) is 5.99. The Kier molecular flexibility index (Phi) is 4.42. The molecule has 2 rings (SSSR count). The lowest BCUT2D eigenvalue weighted by atomic mass is 10.2. The lowest BCUT2D eigenvalue weighted by molar-refractivity contribution is -0.138. The molecule has 2 aromatic carbocycles. The monoisotopic (exact) mass is 384 g/mol. The molecule has 0 saturated carbocycles. The first kappa shape index (κ1) is 16.7. The molecule has 0 radical (unpaired) electrons. The van der Waals surface area contributed by atoms with Gasteiger partial charge in [0, 0.05) is 0 Å². The fourth-order valence-electron chi connectivity index (χ4n) is 1.67. The summed E-state index contributed by atoms with van der Waals surface area (Å²) in [6, 6.07) is 2.44. The van der Waals surface area contributed by atoms with Gasteiger partial charge in [-0.15, -0.1) is 0 Å². The Balaban J connectivity index is 2.45. The summed E-state index contributed by atoms with van der Waals surface area (Å²) in [5.41, 5.74) is -1.24. The van der Waals surface area contributed by atoms with E-state index in [1.54, 1.807) is 0 Å². The van der Waals surface area contributed by atoms with Crippen LogP contribution in [-0.4, -0.2) is 0 Å². The van der Waals surface area contributed by atoms with Crippen molar-refractivity contribution in [1.82, 2.24) is 0 Å². The van der Waals surface area contributed by atoms with E-state index in [1.165, 1.54) is 6.92 Å². The summed E-state index contributed by atoms with van der Waals surface area (Å²) in [6.45, 7) is 1.42. The summed E-state index contributed by atoms with van der Waals surface area (Å²) in [6.07, 6.45) is -4.88. The quantitative estimate of drug-likeness (QED) is 0.578. The molecule has 0 bridgehead atoms. The molecule has 0 aliphatic heterocycles. The lowest BCUT2D eigenvalue weighted by Gasteiger charge is -2.13. The second-order valence-electron chi connectivity index (χ2n) is 4.40. The third kappa shape index (κ3) is 3.37. The predicted molar refractivity (Wildman–Crippen MR) is 70.3 cm³/mol. The van der Waals surface area contributed by atoms with E-state index in [9.17, 15) is 26.3 Å². The molecule has 2 aromatic rings.